The van der Waals surface area contributed by atoms with Gasteiger partial charge in [0.15, 0.2) is 5.69 Å². The Morgan fingerprint density at radius 1 is 1.62 bits per heavy atom. The summed E-state index contributed by atoms with van der Waals surface area (Å²) in [5, 5.41) is 4.05. The first-order chi connectivity index (χ1) is 7.52. The van der Waals surface area contributed by atoms with E-state index in [1.54, 1.807) is 0 Å². The molecule has 0 saturated heterocycles. The van der Waals surface area contributed by atoms with Crippen LogP contribution in [0.4, 0.5) is 10.2 Å². The highest BCUT2D eigenvalue weighted by Crippen LogP contribution is 2.22. The summed E-state index contributed by atoms with van der Waals surface area (Å²) in [6, 6.07) is 0.0109. The molecule has 90 valence electrons. The summed E-state index contributed by atoms with van der Waals surface area (Å²) in [5.74, 6) is -0.261. The van der Waals surface area contributed by atoms with Gasteiger partial charge in [-0.05, 0) is 13.8 Å². The SMILES string of the molecule is COC(=O)c1nn(C(C)C)c(N)c1CCF. The number of nitrogens with zero attached hydrogens (tertiary/aromatic N) is 2. The standard InChI is InChI=1S/C10H16FN3O2/c1-6(2)14-9(12)7(4-5-11)8(13-14)10(15)16-3/h6H,4-5,12H2,1-3H3. The van der Waals surface area contributed by atoms with Gasteiger partial charge in [0, 0.05) is 18.0 Å². The number of carbonyl (C=O) groups is 1. The highest BCUT2D eigenvalue weighted by Gasteiger charge is 2.22. The molecule has 0 bridgehead atoms. The number of carbonyl (C=O) groups excluding carboxylic acids is 1. The molecule has 0 aliphatic carbocycles. The minimum atomic E-state index is -0.588. The molecule has 1 rings (SSSR count). The van der Waals surface area contributed by atoms with Gasteiger partial charge in [-0.3, -0.25) is 4.39 Å². The zero-order valence-corrected chi connectivity index (χ0v) is 9.66. The fraction of sp³-hybridized carbons (Fsp3) is 0.600. The number of anilines is 1. The number of ether oxygens (including phenoxy) is 1. The molecule has 2 N–H and O–H groups in total. The summed E-state index contributed by atoms with van der Waals surface area (Å²) in [7, 11) is 1.26. The number of methoxy groups -OCH3 is 1. The molecule has 0 aliphatic rings. The monoisotopic (exact) mass is 229 g/mol. The second-order valence-corrected chi connectivity index (χ2v) is 3.68. The summed E-state index contributed by atoms with van der Waals surface area (Å²) < 4.78 is 18.4. The fourth-order valence-electron chi connectivity index (χ4n) is 1.48. The Balaban J connectivity index is 3.25. The van der Waals surface area contributed by atoms with Crippen LogP contribution in [0.15, 0.2) is 0 Å². The van der Waals surface area contributed by atoms with E-state index in [-0.39, 0.29) is 18.2 Å². The van der Waals surface area contributed by atoms with Gasteiger partial charge in [0.05, 0.1) is 13.8 Å². The maximum absolute atomic E-state index is 12.4. The van der Waals surface area contributed by atoms with E-state index in [9.17, 15) is 9.18 Å². The van der Waals surface area contributed by atoms with Gasteiger partial charge >= 0.3 is 5.97 Å². The molecule has 0 atom stereocenters. The maximum Gasteiger partial charge on any atom is 0.358 e. The zero-order chi connectivity index (χ0) is 12.3. The second kappa shape index (κ2) is 4.96. The number of hydrogen-bond donors (Lipinski definition) is 1. The van der Waals surface area contributed by atoms with E-state index in [1.807, 2.05) is 13.8 Å². The van der Waals surface area contributed by atoms with E-state index in [2.05, 4.69) is 9.84 Å². The molecule has 0 saturated carbocycles. The average molecular weight is 229 g/mol. The van der Waals surface area contributed by atoms with Crippen molar-refractivity contribution >= 4 is 11.8 Å². The highest BCUT2D eigenvalue weighted by molar-refractivity contribution is 5.90. The summed E-state index contributed by atoms with van der Waals surface area (Å²) in [5.41, 5.74) is 6.33. The number of halogens is 1. The molecule has 6 heteroatoms. The Morgan fingerprint density at radius 3 is 2.69 bits per heavy atom. The van der Waals surface area contributed by atoms with E-state index in [1.165, 1.54) is 11.8 Å². The number of hydrogen-bond acceptors (Lipinski definition) is 4. The summed E-state index contributed by atoms with van der Waals surface area (Å²) in [4.78, 5) is 11.4. The minimum absolute atomic E-state index is 0.0109. The van der Waals surface area contributed by atoms with Crippen molar-refractivity contribution in [2.45, 2.75) is 26.3 Å². The number of rotatable bonds is 4. The predicted molar refractivity (Wildman–Crippen MR) is 58.0 cm³/mol. The lowest BCUT2D eigenvalue weighted by atomic mass is 10.2. The third kappa shape index (κ3) is 2.15. The third-order valence-corrected chi connectivity index (χ3v) is 2.26. The normalized spacial score (nSPS) is 10.8. The lowest BCUT2D eigenvalue weighted by Gasteiger charge is -2.07. The Hall–Kier alpha value is -1.59. The van der Waals surface area contributed by atoms with Crippen LogP contribution in [0.5, 0.6) is 0 Å². The van der Waals surface area contributed by atoms with Crippen LogP contribution in [0.25, 0.3) is 0 Å². The summed E-state index contributed by atoms with van der Waals surface area (Å²) in [6.45, 7) is 3.17. The van der Waals surface area contributed by atoms with Crippen LogP contribution in [-0.4, -0.2) is 29.5 Å². The van der Waals surface area contributed by atoms with Crippen molar-refractivity contribution in [3.8, 4) is 0 Å². The van der Waals surface area contributed by atoms with Crippen molar-refractivity contribution in [3.63, 3.8) is 0 Å². The molecular formula is C10H16FN3O2. The topological polar surface area (TPSA) is 70.1 Å². The van der Waals surface area contributed by atoms with Gasteiger partial charge in [0.25, 0.3) is 0 Å². The molecule has 1 aromatic heterocycles. The van der Waals surface area contributed by atoms with Crippen LogP contribution >= 0.6 is 0 Å². The van der Waals surface area contributed by atoms with Gasteiger partial charge in [0.1, 0.15) is 5.82 Å². The second-order valence-electron chi connectivity index (χ2n) is 3.68. The van der Waals surface area contributed by atoms with Crippen molar-refractivity contribution in [3.05, 3.63) is 11.3 Å². The van der Waals surface area contributed by atoms with Crippen molar-refractivity contribution in [1.29, 1.82) is 0 Å². The van der Waals surface area contributed by atoms with Gasteiger partial charge in [-0.2, -0.15) is 5.10 Å². The van der Waals surface area contributed by atoms with Crippen LogP contribution in [0.1, 0.15) is 35.9 Å². The quantitative estimate of drug-likeness (QED) is 0.791. The summed E-state index contributed by atoms with van der Waals surface area (Å²) in [6.07, 6.45) is 0.0724. The first-order valence-corrected chi connectivity index (χ1v) is 5.04. The average Bonchev–Trinajstić information content (AvgIpc) is 2.57. The number of nitrogen functional groups attached to an aromatic ring is 1. The molecule has 0 aliphatic heterocycles. The molecule has 0 amide bonds. The molecule has 0 spiro atoms. The van der Waals surface area contributed by atoms with Gasteiger partial charge in [-0.1, -0.05) is 0 Å². The van der Waals surface area contributed by atoms with E-state index in [0.29, 0.717) is 11.4 Å². The third-order valence-electron chi connectivity index (χ3n) is 2.26. The first-order valence-electron chi connectivity index (χ1n) is 5.04. The number of alkyl halides is 1. The summed E-state index contributed by atoms with van der Waals surface area (Å²) >= 11 is 0. The smallest absolute Gasteiger partial charge is 0.358 e. The largest absolute Gasteiger partial charge is 0.464 e. The Labute approximate surface area is 93.4 Å². The van der Waals surface area contributed by atoms with Crippen LogP contribution in [0.3, 0.4) is 0 Å². The molecule has 1 aromatic rings. The van der Waals surface area contributed by atoms with Gasteiger partial charge < -0.3 is 10.5 Å². The van der Waals surface area contributed by atoms with E-state index >= 15 is 0 Å². The lowest BCUT2D eigenvalue weighted by Crippen LogP contribution is -2.08. The molecule has 1 heterocycles. The predicted octanol–water partition coefficient (Wildman–Crippen LogP) is 1.34. The maximum atomic E-state index is 12.4. The molecule has 0 radical (unpaired) electrons. The lowest BCUT2D eigenvalue weighted by molar-refractivity contribution is 0.0591. The Morgan fingerprint density at radius 2 is 2.25 bits per heavy atom. The van der Waals surface area contributed by atoms with Crippen molar-refractivity contribution in [2.24, 2.45) is 0 Å². The van der Waals surface area contributed by atoms with Crippen LogP contribution in [0, 0.1) is 0 Å². The van der Waals surface area contributed by atoms with Gasteiger partial charge in [-0.25, -0.2) is 9.48 Å². The number of nitrogens with two attached hydrogens (primary N) is 1. The molecule has 5 nitrogen and oxygen atoms in total. The fourth-order valence-corrected chi connectivity index (χ4v) is 1.48. The molecule has 0 aromatic carbocycles. The molecule has 16 heavy (non-hydrogen) atoms. The molecular weight excluding hydrogens is 213 g/mol. The number of esters is 1. The van der Waals surface area contributed by atoms with E-state index in [0.717, 1.165) is 0 Å². The minimum Gasteiger partial charge on any atom is -0.464 e. The molecule has 0 fully saturated rings. The number of aromatic nitrogens is 2. The van der Waals surface area contributed by atoms with E-state index in [4.69, 9.17) is 5.73 Å². The van der Waals surface area contributed by atoms with Crippen molar-refractivity contribution < 1.29 is 13.9 Å². The zero-order valence-electron chi connectivity index (χ0n) is 9.66. The molecule has 0 unspecified atom stereocenters. The van der Waals surface area contributed by atoms with Crippen LogP contribution < -0.4 is 5.73 Å². The first kappa shape index (κ1) is 12.5. The van der Waals surface area contributed by atoms with Crippen LogP contribution in [0.2, 0.25) is 0 Å². The van der Waals surface area contributed by atoms with Gasteiger partial charge in [-0.15, -0.1) is 0 Å². The Kier molecular flexibility index (Phi) is 3.87. The highest BCUT2D eigenvalue weighted by atomic mass is 19.1. The van der Waals surface area contributed by atoms with E-state index < -0.39 is 12.6 Å². The van der Waals surface area contributed by atoms with Crippen LogP contribution in [-0.2, 0) is 11.2 Å². The van der Waals surface area contributed by atoms with Crippen molar-refractivity contribution in [2.75, 3.05) is 19.5 Å². The van der Waals surface area contributed by atoms with Gasteiger partial charge in [0.2, 0.25) is 0 Å². The Bertz CT molecular complexity index is 388. The van der Waals surface area contributed by atoms with Crippen molar-refractivity contribution in [1.82, 2.24) is 9.78 Å².